The Morgan fingerprint density at radius 1 is 1.19 bits per heavy atom. The molecule has 0 aromatic carbocycles. The summed E-state index contributed by atoms with van der Waals surface area (Å²) >= 11 is 5.90. The van der Waals surface area contributed by atoms with Crippen molar-refractivity contribution in [1.29, 1.82) is 0 Å². The molecule has 31 heavy (non-hydrogen) atoms. The van der Waals surface area contributed by atoms with Crippen LogP contribution in [0.2, 0.25) is 5.15 Å². The number of imidazole rings is 1. The number of aliphatic hydroxyl groups is 2. The van der Waals surface area contributed by atoms with Crippen LogP contribution in [0.5, 0.6) is 0 Å². The number of hydrogen-bond acceptors (Lipinski definition) is 14. The van der Waals surface area contributed by atoms with Crippen molar-refractivity contribution >= 4 is 46.7 Å². The number of nitrogens with zero attached hydrogens (tertiary/aromatic N) is 4. The maximum atomic E-state index is 11.7. The highest BCUT2D eigenvalue weighted by atomic mass is 35.5. The lowest BCUT2D eigenvalue weighted by Crippen LogP contribution is -2.33. The minimum Gasteiger partial charge on any atom is -0.387 e. The Hall–Kier alpha value is -1.00. The van der Waals surface area contributed by atoms with Gasteiger partial charge in [-0.25, -0.2) is 29.3 Å². The number of phosphoric acid groups is 2. The second kappa shape index (κ2) is 9.47. The number of aromatic nitrogens is 4. The zero-order valence-electron chi connectivity index (χ0n) is 14.7. The van der Waals surface area contributed by atoms with Crippen LogP contribution in [-0.2, 0) is 36.3 Å². The van der Waals surface area contributed by atoms with Crippen molar-refractivity contribution in [3.05, 3.63) is 17.8 Å². The lowest BCUT2D eigenvalue weighted by atomic mass is 10.1. The SMILES string of the molecule is O=[P+](OC[C@H]1O[C@@H](n2cnc3c(Cl)ncnc32)[C@H](O)[C@@H]1O)OP(=O)(O)OP(=O)(O)OO. The fraction of sp³-hybridized carbons (Fsp3) is 0.500. The Labute approximate surface area is 177 Å². The highest BCUT2D eigenvalue weighted by molar-refractivity contribution is 7.64. The van der Waals surface area contributed by atoms with Gasteiger partial charge in [-0.3, -0.25) is 9.46 Å². The average Bonchev–Trinajstić information content (AvgIpc) is 3.22. The number of halogens is 1. The summed E-state index contributed by atoms with van der Waals surface area (Å²) in [6.45, 7) is -0.723. The third-order valence-electron chi connectivity index (χ3n) is 3.75. The van der Waals surface area contributed by atoms with E-state index in [2.05, 4.69) is 32.8 Å². The van der Waals surface area contributed by atoms with Gasteiger partial charge in [-0.05, 0) is 4.31 Å². The van der Waals surface area contributed by atoms with Crippen LogP contribution < -0.4 is 0 Å². The van der Waals surface area contributed by atoms with E-state index in [4.69, 9.17) is 26.5 Å². The highest BCUT2D eigenvalue weighted by Crippen LogP contribution is 2.63. The molecule has 0 aliphatic carbocycles. The lowest BCUT2D eigenvalue weighted by molar-refractivity contribution is -0.157. The van der Waals surface area contributed by atoms with Crippen molar-refractivity contribution in [3.8, 4) is 0 Å². The second-order valence-electron chi connectivity index (χ2n) is 5.74. The summed E-state index contributed by atoms with van der Waals surface area (Å²) in [5.74, 6) is 0. The molecular formula is C10H13ClN4O13P3+. The molecule has 2 aromatic rings. The zero-order valence-corrected chi connectivity index (χ0v) is 18.1. The van der Waals surface area contributed by atoms with Gasteiger partial charge in [-0.2, -0.15) is 4.31 Å². The number of rotatable bonds is 9. The maximum Gasteiger partial charge on any atom is 0.708 e. The molecule has 21 heteroatoms. The third-order valence-corrected chi connectivity index (χ3v) is 7.60. The molecule has 3 unspecified atom stereocenters. The van der Waals surface area contributed by atoms with Crippen LogP contribution in [-0.4, -0.2) is 69.7 Å². The van der Waals surface area contributed by atoms with Gasteiger partial charge in [0.05, 0.1) is 6.33 Å². The lowest BCUT2D eigenvalue weighted by Gasteiger charge is -2.16. The molecule has 7 atom stereocenters. The molecule has 172 valence electrons. The van der Waals surface area contributed by atoms with E-state index in [1.54, 1.807) is 0 Å². The normalized spacial score (nSPS) is 28.4. The van der Waals surface area contributed by atoms with Crippen LogP contribution in [0.3, 0.4) is 0 Å². The molecule has 1 fully saturated rings. The van der Waals surface area contributed by atoms with E-state index in [1.807, 2.05) is 0 Å². The van der Waals surface area contributed by atoms with Gasteiger partial charge in [-0.15, -0.1) is 9.20 Å². The van der Waals surface area contributed by atoms with Crippen LogP contribution in [0.4, 0.5) is 0 Å². The third kappa shape index (κ3) is 5.68. The first-order chi connectivity index (χ1) is 14.4. The van der Waals surface area contributed by atoms with Crippen molar-refractivity contribution in [2.75, 3.05) is 6.61 Å². The summed E-state index contributed by atoms with van der Waals surface area (Å²) in [7, 11) is -14.3. The summed E-state index contributed by atoms with van der Waals surface area (Å²) in [6.07, 6.45) is -3.23. The summed E-state index contributed by atoms with van der Waals surface area (Å²) < 4.78 is 55.9. The van der Waals surface area contributed by atoms with E-state index < -0.39 is 55.0 Å². The van der Waals surface area contributed by atoms with Gasteiger partial charge in [0.25, 0.3) is 0 Å². The molecule has 0 saturated carbocycles. The quantitative estimate of drug-likeness (QED) is 0.129. The van der Waals surface area contributed by atoms with Crippen LogP contribution in [0, 0.1) is 0 Å². The van der Waals surface area contributed by atoms with E-state index in [-0.39, 0.29) is 16.3 Å². The summed E-state index contributed by atoms with van der Waals surface area (Å²) in [4.78, 5) is 29.7. The standard InChI is InChI=1S/C10H12ClN4O13P3/c11-8-5-9(13-2-12-8)15(3-14-5)10-7(17)6(16)4(25-10)1-24-29(19)27-31(22,23)28-30(20,21)26-18/h2-4,6-7,10,16-17H,1H2,(H2-,18,20,21,22,23)/p+1/t4-,6-,7-,10-/m1/s1. The minimum absolute atomic E-state index is 0.0421. The van der Waals surface area contributed by atoms with Crippen LogP contribution in [0.25, 0.3) is 11.2 Å². The van der Waals surface area contributed by atoms with Crippen molar-refractivity contribution < 1.29 is 61.5 Å². The van der Waals surface area contributed by atoms with Crippen LogP contribution in [0.15, 0.2) is 12.7 Å². The predicted octanol–water partition coefficient (Wildman–Crippen LogP) is 0.496. The molecule has 0 radical (unpaired) electrons. The topological polar surface area (TPSA) is 242 Å². The van der Waals surface area contributed by atoms with Crippen molar-refractivity contribution in [1.82, 2.24) is 19.5 Å². The Balaban J connectivity index is 1.63. The summed E-state index contributed by atoms with van der Waals surface area (Å²) in [6, 6.07) is 0. The van der Waals surface area contributed by atoms with Gasteiger partial charge in [0.1, 0.15) is 36.8 Å². The molecule has 1 aliphatic rings. The average molecular weight is 526 g/mol. The van der Waals surface area contributed by atoms with E-state index in [9.17, 15) is 28.8 Å². The van der Waals surface area contributed by atoms with Crippen molar-refractivity contribution in [3.63, 3.8) is 0 Å². The zero-order chi connectivity index (χ0) is 23.0. The number of fused-ring (bicyclic) bond motifs is 1. The number of aliphatic hydroxyl groups excluding tert-OH is 2. The monoisotopic (exact) mass is 525 g/mol. The van der Waals surface area contributed by atoms with E-state index in [1.165, 1.54) is 10.9 Å². The fourth-order valence-corrected chi connectivity index (χ4v) is 5.37. The van der Waals surface area contributed by atoms with Gasteiger partial charge in [0.15, 0.2) is 17.0 Å². The molecule has 2 aromatic heterocycles. The first-order valence-corrected chi connectivity index (χ1v) is 12.2. The van der Waals surface area contributed by atoms with E-state index in [0.717, 1.165) is 6.33 Å². The molecule has 0 bridgehead atoms. The Morgan fingerprint density at radius 3 is 2.58 bits per heavy atom. The van der Waals surface area contributed by atoms with Crippen molar-refractivity contribution in [2.24, 2.45) is 0 Å². The fourth-order valence-electron chi connectivity index (χ4n) is 2.51. The maximum absolute atomic E-state index is 11.7. The minimum atomic E-state index is -5.46. The Kier molecular flexibility index (Phi) is 7.53. The van der Waals surface area contributed by atoms with E-state index in [0.29, 0.717) is 0 Å². The molecular weight excluding hydrogens is 513 g/mol. The first kappa shape index (κ1) is 24.6. The summed E-state index contributed by atoms with van der Waals surface area (Å²) in [5.41, 5.74) is 0.391. The second-order valence-corrected chi connectivity index (χ2v) is 10.1. The van der Waals surface area contributed by atoms with Crippen LogP contribution in [0.1, 0.15) is 6.23 Å². The molecule has 0 spiro atoms. The smallest absolute Gasteiger partial charge is 0.387 e. The summed E-state index contributed by atoms with van der Waals surface area (Å²) in [5, 5.41) is 28.5. The van der Waals surface area contributed by atoms with Crippen molar-refractivity contribution in [2.45, 2.75) is 24.5 Å². The molecule has 0 amide bonds. The Bertz CT molecular complexity index is 1070. The van der Waals surface area contributed by atoms with Crippen LogP contribution >= 0.6 is 35.5 Å². The largest absolute Gasteiger partial charge is 0.708 e. The number of hydrogen-bond donors (Lipinski definition) is 5. The molecule has 3 rings (SSSR count). The van der Waals surface area contributed by atoms with Gasteiger partial charge in [0.2, 0.25) is 0 Å². The Morgan fingerprint density at radius 2 is 1.90 bits per heavy atom. The number of ether oxygens (including phenoxy) is 1. The van der Waals surface area contributed by atoms with Gasteiger partial charge in [-0.1, -0.05) is 11.6 Å². The molecule has 5 N–H and O–H groups in total. The van der Waals surface area contributed by atoms with E-state index >= 15 is 0 Å². The van der Waals surface area contributed by atoms with Gasteiger partial charge >= 0.3 is 23.9 Å². The highest BCUT2D eigenvalue weighted by Gasteiger charge is 2.48. The first-order valence-electron chi connectivity index (χ1n) is 7.78. The van der Waals surface area contributed by atoms with Gasteiger partial charge in [0, 0.05) is 4.57 Å². The van der Waals surface area contributed by atoms with Gasteiger partial charge < -0.3 is 19.8 Å². The predicted molar refractivity (Wildman–Crippen MR) is 95.3 cm³/mol. The molecule has 3 heterocycles. The molecule has 1 aliphatic heterocycles. The molecule has 1 saturated heterocycles. The molecule has 17 nitrogen and oxygen atoms in total.